The van der Waals surface area contributed by atoms with Crippen molar-refractivity contribution in [1.82, 2.24) is 0 Å². The monoisotopic (exact) mass is 210 g/mol. The minimum Gasteiger partial charge on any atom is -0.130 e. The summed E-state index contributed by atoms with van der Waals surface area (Å²) in [7, 11) is -0.187. The predicted molar refractivity (Wildman–Crippen MR) is 64.1 cm³/mol. The Morgan fingerprint density at radius 3 is 2.77 bits per heavy atom. The molecule has 0 fully saturated rings. The Kier molecular flexibility index (Phi) is 4.26. The van der Waals surface area contributed by atoms with Gasteiger partial charge in [-0.05, 0) is 25.0 Å². The molecule has 0 heterocycles. The highest BCUT2D eigenvalue weighted by molar-refractivity contribution is 6.57. The quantitative estimate of drug-likeness (QED) is 0.532. The molecule has 2 heteroatoms. The lowest BCUT2D eigenvalue weighted by atomic mass is 10.1. The van der Waals surface area contributed by atoms with Crippen molar-refractivity contribution in [2.75, 3.05) is 5.50 Å². The highest BCUT2D eigenvalue weighted by Crippen LogP contribution is 2.11. The molecule has 0 atom stereocenters. The summed E-state index contributed by atoms with van der Waals surface area (Å²) in [5, 5.41) is 1.48. The number of benzene rings is 1. The van der Waals surface area contributed by atoms with Gasteiger partial charge in [-0.25, -0.2) is 0 Å². The van der Waals surface area contributed by atoms with E-state index in [-0.39, 0.29) is 9.52 Å². The smallest absolute Gasteiger partial charge is 0.0660 e. The maximum atomic E-state index is 5.72. The lowest BCUT2D eigenvalue weighted by Gasteiger charge is -2.01. The molecule has 1 aromatic rings. The summed E-state index contributed by atoms with van der Waals surface area (Å²) in [6.07, 6.45) is 2.27. The Hall–Kier alpha value is -0.533. The van der Waals surface area contributed by atoms with Crippen LogP contribution in [0.1, 0.15) is 18.1 Å². The van der Waals surface area contributed by atoms with E-state index in [0.29, 0.717) is 0 Å². The van der Waals surface area contributed by atoms with E-state index >= 15 is 0 Å². The first-order chi connectivity index (χ1) is 6.24. The number of aryl methyl sites for hydroxylation is 1. The maximum absolute atomic E-state index is 5.72. The topological polar surface area (TPSA) is 0 Å². The second-order valence-corrected chi connectivity index (χ2v) is 6.41. The summed E-state index contributed by atoms with van der Waals surface area (Å²) in [6.45, 7) is 4.32. The zero-order chi connectivity index (χ0) is 9.68. The molecule has 1 rings (SSSR count). The van der Waals surface area contributed by atoms with Crippen LogP contribution in [0.25, 0.3) is 6.08 Å². The number of allylic oxidation sites excluding steroid dienone is 1. The van der Waals surface area contributed by atoms with Crippen molar-refractivity contribution in [3.63, 3.8) is 0 Å². The summed E-state index contributed by atoms with van der Waals surface area (Å²) >= 11 is 5.72. The average molecular weight is 211 g/mol. The van der Waals surface area contributed by atoms with Crippen molar-refractivity contribution in [2.45, 2.75) is 13.8 Å². The maximum Gasteiger partial charge on any atom is 0.0660 e. The van der Waals surface area contributed by atoms with Gasteiger partial charge in [0.05, 0.1) is 9.52 Å². The molecule has 0 aromatic heterocycles. The van der Waals surface area contributed by atoms with Crippen molar-refractivity contribution in [2.24, 2.45) is 0 Å². The van der Waals surface area contributed by atoms with Gasteiger partial charge in [0.25, 0.3) is 0 Å². The van der Waals surface area contributed by atoms with Crippen LogP contribution in [0.3, 0.4) is 0 Å². The number of alkyl halides is 1. The average Bonchev–Trinajstić information content (AvgIpc) is 2.09. The fraction of sp³-hybridized carbons (Fsp3) is 0.273. The van der Waals surface area contributed by atoms with Crippen LogP contribution in [0, 0.1) is 6.92 Å². The zero-order valence-electron chi connectivity index (χ0n) is 8.18. The Labute approximate surface area is 87.4 Å². The van der Waals surface area contributed by atoms with Crippen molar-refractivity contribution >= 4 is 27.2 Å². The van der Waals surface area contributed by atoms with Crippen molar-refractivity contribution in [3.05, 3.63) is 40.6 Å². The molecule has 0 nitrogen and oxygen atoms in total. The van der Waals surface area contributed by atoms with E-state index in [4.69, 9.17) is 11.6 Å². The largest absolute Gasteiger partial charge is 0.130 e. The summed E-state index contributed by atoms with van der Waals surface area (Å²) in [4.78, 5) is 0. The van der Waals surface area contributed by atoms with E-state index in [1.807, 2.05) is 0 Å². The first kappa shape index (κ1) is 10.5. The Morgan fingerprint density at radius 1 is 1.46 bits per heavy atom. The fourth-order valence-corrected chi connectivity index (χ4v) is 2.79. The third-order valence-corrected chi connectivity index (χ3v) is 3.83. The molecule has 0 amide bonds. The van der Waals surface area contributed by atoms with Gasteiger partial charge in [0.2, 0.25) is 0 Å². The zero-order valence-corrected chi connectivity index (χ0v) is 10.3. The lowest BCUT2D eigenvalue weighted by Crippen LogP contribution is -1.94. The lowest BCUT2D eigenvalue weighted by molar-refractivity contribution is 1.44. The second-order valence-electron chi connectivity index (χ2n) is 3.29. The van der Waals surface area contributed by atoms with Gasteiger partial charge in [-0.1, -0.05) is 35.5 Å². The van der Waals surface area contributed by atoms with Gasteiger partial charge in [0.15, 0.2) is 0 Å². The molecular weight excluding hydrogens is 196 g/mol. The minimum absolute atomic E-state index is 0.187. The van der Waals surface area contributed by atoms with E-state index < -0.39 is 0 Å². The number of hydrogen-bond donors (Lipinski definition) is 0. The molecule has 0 bridgehead atoms. The van der Waals surface area contributed by atoms with Gasteiger partial charge in [-0.3, -0.25) is 0 Å². The van der Waals surface area contributed by atoms with Gasteiger partial charge in [0, 0.05) is 5.50 Å². The van der Waals surface area contributed by atoms with Crippen LogP contribution in [-0.2, 0) is 0 Å². The molecular formula is C11H15ClSi. The Bertz CT molecular complexity index is 305. The highest BCUT2D eigenvalue weighted by atomic mass is 35.5. The highest BCUT2D eigenvalue weighted by Gasteiger charge is 1.94. The summed E-state index contributed by atoms with van der Waals surface area (Å²) in [6, 6.07) is 8.44. The molecule has 0 N–H and O–H groups in total. The SMILES string of the molecule is CC(=Cc1ccccc1C)[SiH2]CCl. The summed E-state index contributed by atoms with van der Waals surface area (Å²) in [5.74, 6) is 0. The molecule has 0 spiro atoms. The predicted octanol–water partition coefficient (Wildman–Crippen LogP) is 2.72. The summed E-state index contributed by atoms with van der Waals surface area (Å²) < 4.78 is 0. The van der Waals surface area contributed by atoms with Gasteiger partial charge in [0.1, 0.15) is 0 Å². The molecule has 0 unspecified atom stereocenters. The van der Waals surface area contributed by atoms with Gasteiger partial charge in [-0.2, -0.15) is 0 Å². The first-order valence-corrected chi connectivity index (χ1v) is 6.77. The molecule has 0 saturated carbocycles. The molecule has 0 radical (unpaired) electrons. The molecule has 0 aliphatic rings. The van der Waals surface area contributed by atoms with Crippen molar-refractivity contribution in [3.8, 4) is 0 Å². The third kappa shape index (κ3) is 3.37. The molecule has 0 aliphatic heterocycles. The Morgan fingerprint density at radius 2 is 2.15 bits per heavy atom. The second kappa shape index (κ2) is 5.25. The van der Waals surface area contributed by atoms with E-state index in [1.165, 1.54) is 16.3 Å². The van der Waals surface area contributed by atoms with Crippen LogP contribution in [-0.4, -0.2) is 15.0 Å². The molecule has 0 aliphatic carbocycles. The minimum atomic E-state index is -0.187. The molecule has 1 aromatic carbocycles. The number of hydrogen-bond acceptors (Lipinski definition) is 0. The van der Waals surface area contributed by atoms with Crippen LogP contribution < -0.4 is 0 Å². The number of rotatable bonds is 3. The van der Waals surface area contributed by atoms with Gasteiger partial charge < -0.3 is 0 Å². The molecule has 13 heavy (non-hydrogen) atoms. The van der Waals surface area contributed by atoms with E-state index in [0.717, 1.165) is 5.50 Å². The third-order valence-electron chi connectivity index (χ3n) is 2.08. The summed E-state index contributed by atoms with van der Waals surface area (Å²) in [5.41, 5.74) is 3.51. The van der Waals surface area contributed by atoms with Crippen LogP contribution >= 0.6 is 11.6 Å². The fourth-order valence-electron chi connectivity index (χ4n) is 1.24. The van der Waals surface area contributed by atoms with Crippen LogP contribution in [0.4, 0.5) is 0 Å². The van der Waals surface area contributed by atoms with Crippen LogP contribution in [0.15, 0.2) is 29.5 Å². The van der Waals surface area contributed by atoms with Gasteiger partial charge in [-0.15, -0.1) is 11.6 Å². The van der Waals surface area contributed by atoms with E-state index in [9.17, 15) is 0 Å². The van der Waals surface area contributed by atoms with E-state index in [2.05, 4.69) is 44.2 Å². The normalized spacial score (nSPS) is 12.7. The number of halogens is 1. The van der Waals surface area contributed by atoms with E-state index in [1.54, 1.807) is 0 Å². The van der Waals surface area contributed by atoms with Crippen molar-refractivity contribution in [1.29, 1.82) is 0 Å². The van der Waals surface area contributed by atoms with Crippen LogP contribution in [0.2, 0.25) is 0 Å². The molecule has 0 saturated heterocycles. The van der Waals surface area contributed by atoms with Gasteiger partial charge >= 0.3 is 0 Å². The van der Waals surface area contributed by atoms with Crippen molar-refractivity contribution < 1.29 is 0 Å². The van der Waals surface area contributed by atoms with Crippen LogP contribution in [0.5, 0.6) is 0 Å². The standard InChI is InChI=1S/C11H15ClSi/c1-9-5-3-4-6-11(9)7-10(2)13-8-12/h3-7H,8,13H2,1-2H3. The molecule has 70 valence electrons. The first-order valence-electron chi connectivity index (χ1n) is 4.53. The Balaban J connectivity index is 2.84.